The van der Waals surface area contributed by atoms with Crippen molar-refractivity contribution in [2.75, 3.05) is 19.0 Å². The van der Waals surface area contributed by atoms with E-state index in [1.165, 1.54) is 0 Å². The molecule has 1 aromatic heterocycles. The fourth-order valence-corrected chi connectivity index (χ4v) is 4.22. The molecule has 2 heterocycles. The first-order chi connectivity index (χ1) is 15.9. The lowest BCUT2D eigenvalue weighted by molar-refractivity contribution is -0.409. The van der Waals surface area contributed by atoms with E-state index in [4.69, 9.17) is 20.1 Å². The van der Waals surface area contributed by atoms with Crippen LogP contribution >= 0.6 is 0 Å². The van der Waals surface area contributed by atoms with Crippen molar-refractivity contribution in [1.29, 1.82) is 0 Å². The van der Waals surface area contributed by atoms with E-state index in [1.54, 1.807) is 6.20 Å². The van der Waals surface area contributed by atoms with Gasteiger partial charge in [-0.3, -0.25) is 4.89 Å². The molecule has 0 radical (unpaired) electrons. The number of carbonyl (C=O) groups excluding carboxylic acids is 1. The molecule has 1 saturated heterocycles. The summed E-state index contributed by atoms with van der Waals surface area (Å²) in [4.78, 5) is 34.3. The van der Waals surface area contributed by atoms with Crippen molar-refractivity contribution in [3.8, 4) is 22.5 Å². The molecular weight excluding hydrogens is 428 g/mol. The van der Waals surface area contributed by atoms with Crippen LogP contribution in [0.4, 0.5) is 11.5 Å². The summed E-state index contributed by atoms with van der Waals surface area (Å²) in [7, 11) is 4.01. The van der Waals surface area contributed by atoms with Gasteiger partial charge >= 0.3 is 5.97 Å². The van der Waals surface area contributed by atoms with Crippen LogP contribution in [0.2, 0.25) is 0 Å². The van der Waals surface area contributed by atoms with Crippen LogP contribution in [0.15, 0.2) is 42.6 Å². The Hall–Kier alpha value is -3.45. The van der Waals surface area contributed by atoms with E-state index in [-0.39, 0.29) is 0 Å². The van der Waals surface area contributed by atoms with Crippen molar-refractivity contribution in [2.45, 2.75) is 47.3 Å². The molecule has 0 N–H and O–H groups in total. The average Bonchev–Trinajstić information content (AvgIpc) is 2.75. The Morgan fingerprint density at radius 1 is 1.00 bits per heavy atom. The molecule has 0 spiro atoms. The molecule has 0 unspecified atom stereocenters. The van der Waals surface area contributed by atoms with Crippen LogP contribution in [0, 0.1) is 26.2 Å². The van der Waals surface area contributed by atoms with Crippen LogP contribution in [0.25, 0.3) is 27.8 Å². The molecule has 178 valence electrons. The molecule has 7 nitrogen and oxygen atoms in total. The van der Waals surface area contributed by atoms with Crippen molar-refractivity contribution < 1.29 is 14.6 Å². The van der Waals surface area contributed by atoms with Gasteiger partial charge in [0.15, 0.2) is 0 Å². The zero-order chi connectivity index (χ0) is 24.8. The largest absolute Gasteiger partial charge is 0.439 e. The first kappa shape index (κ1) is 23.7. The van der Waals surface area contributed by atoms with E-state index in [2.05, 4.69) is 24.0 Å². The van der Waals surface area contributed by atoms with Gasteiger partial charge in [0.25, 0.3) is 0 Å². The minimum absolute atomic E-state index is 0.343. The minimum Gasteiger partial charge on any atom is -0.439 e. The summed E-state index contributed by atoms with van der Waals surface area (Å²) >= 11 is 0. The molecular formula is C27H31N4O3-. The molecule has 1 fully saturated rings. The van der Waals surface area contributed by atoms with E-state index in [0.29, 0.717) is 11.5 Å². The highest BCUT2D eigenvalue weighted by Gasteiger charge is 2.58. The van der Waals surface area contributed by atoms with Gasteiger partial charge in [-0.2, -0.15) is 4.89 Å². The third kappa shape index (κ3) is 4.01. The molecule has 0 bridgehead atoms. The van der Waals surface area contributed by atoms with E-state index in [9.17, 15) is 4.79 Å². The van der Waals surface area contributed by atoms with Gasteiger partial charge in [0.2, 0.25) is 5.72 Å². The molecule has 34 heavy (non-hydrogen) atoms. The van der Waals surface area contributed by atoms with Crippen molar-refractivity contribution in [3.63, 3.8) is 0 Å². The van der Waals surface area contributed by atoms with E-state index < -0.39 is 17.1 Å². The summed E-state index contributed by atoms with van der Waals surface area (Å²) in [6.45, 7) is 11.8. The number of hydrogen-bond donors (Lipinski definition) is 0. The lowest BCUT2D eigenvalue weighted by atomic mass is 9.82. The SMILES string of the molecule is Cc1cc(C)c(-c2nc(-c3ccc(N(C)C)cc3)cnc2[N-][C@@]2(C(C)(C)C)OOC2=O)c(C)c1. The van der Waals surface area contributed by atoms with Crippen molar-refractivity contribution >= 4 is 17.5 Å². The van der Waals surface area contributed by atoms with Crippen LogP contribution in [-0.4, -0.2) is 35.8 Å². The Bertz CT molecular complexity index is 1220. The number of aryl methyl sites for hydroxylation is 3. The predicted octanol–water partition coefficient (Wildman–Crippen LogP) is 6.04. The first-order valence-corrected chi connectivity index (χ1v) is 11.3. The Morgan fingerprint density at radius 2 is 1.62 bits per heavy atom. The smallest absolute Gasteiger partial charge is 0.378 e. The van der Waals surface area contributed by atoms with Gasteiger partial charge in [-0.05, 0) is 55.4 Å². The van der Waals surface area contributed by atoms with Gasteiger partial charge in [0.1, 0.15) is 0 Å². The van der Waals surface area contributed by atoms with Crippen molar-refractivity contribution in [1.82, 2.24) is 9.97 Å². The quantitative estimate of drug-likeness (QED) is 0.433. The highest BCUT2D eigenvalue weighted by Crippen LogP contribution is 2.50. The van der Waals surface area contributed by atoms with E-state index in [0.717, 1.165) is 39.2 Å². The van der Waals surface area contributed by atoms with Crippen LogP contribution in [0.5, 0.6) is 0 Å². The number of aromatic nitrogens is 2. The maximum Gasteiger partial charge on any atom is 0.378 e. The Morgan fingerprint density at radius 3 is 2.09 bits per heavy atom. The second-order valence-corrected chi connectivity index (χ2v) is 10.1. The predicted molar refractivity (Wildman–Crippen MR) is 134 cm³/mol. The van der Waals surface area contributed by atoms with E-state index >= 15 is 0 Å². The lowest BCUT2D eigenvalue weighted by Gasteiger charge is -2.50. The zero-order valence-corrected chi connectivity index (χ0v) is 21.1. The third-order valence-corrected chi connectivity index (χ3v) is 6.14. The van der Waals surface area contributed by atoms with Crippen LogP contribution < -0.4 is 4.90 Å². The second-order valence-electron chi connectivity index (χ2n) is 10.1. The zero-order valence-electron chi connectivity index (χ0n) is 21.1. The maximum absolute atomic E-state index is 12.5. The Balaban J connectivity index is 1.88. The van der Waals surface area contributed by atoms with Gasteiger partial charge in [-0.15, -0.1) is 0 Å². The monoisotopic (exact) mass is 459 g/mol. The molecule has 1 aliphatic heterocycles. The van der Waals surface area contributed by atoms with Crippen molar-refractivity contribution in [3.05, 3.63) is 64.6 Å². The molecule has 2 aromatic carbocycles. The second kappa shape index (κ2) is 8.40. The molecule has 4 rings (SSSR count). The fourth-order valence-electron chi connectivity index (χ4n) is 4.22. The Labute approximate surface area is 201 Å². The van der Waals surface area contributed by atoms with Gasteiger partial charge in [0.05, 0.1) is 11.4 Å². The summed E-state index contributed by atoms with van der Waals surface area (Å²) in [6, 6.07) is 12.4. The summed E-state index contributed by atoms with van der Waals surface area (Å²) in [5.41, 5.74) is 5.49. The lowest BCUT2D eigenvalue weighted by Crippen LogP contribution is -2.60. The molecule has 0 saturated carbocycles. The molecule has 0 aliphatic carbocycles. The number of benzene rings is 2. The number of hydrogen-bond acceptors (Lipinski definition) is 6. The molecule has 3 aromatic rings. The van der Waals surface area contributed by atoms with Crippen molar-refractivity contribution in [2.24, 2.45) is 5.41 Å². The number of anilines is 1. The van der Waals surface area contributed by atoms with Gasteiger partial charge in [0, 0.05) is 30.8 Å². The topological polar surface area (TPSA) is 78.7 Å². The molecule has 0 amide bonds. The molecule has 1 atom stereocenters. The van der Waals surface area contributed by atoms with Gasteiger partial charge in [-0.1, -0.05) is 56.8 Å². The number of rotatable bonds is 5. The summed E-state index contributed by atoms with van der Waals surface area (Å²) in [5.74, 6) is -0.191. The molecule has 1 aliphatic rings. The number of nitrogens with zero attached hydrogens (tertiary/aromatic N) is 4. The fraction of sp³-hybridized carbons (Fsp3) is 0.370. The van der Waals surface area contributed by atoms with Crippen LogP contribution in [0.1, 0.15) is 37.5 Å². The highest BCUT2D eigenvalue weighted by molar-refractivity contribution is 5.91. The maximum atomic E-state index is 12.5. The first-order valence-electron chi connectivity index (χ1n) is 11.3. The van der Waals surface area contributed by atoms with Gasteiger partial charge in [-0.25, -0.2) is 9.78 Å². The van der Waals surface area contributed by atoms with Gasteiger partial charge < -0.3 is 15.2 Å². The third-order valence-electron chi connectivity index (χ3n) is 6.14. The number of carbonyl (C=O) groups is 1. The molecule has 7 heteroatoms. The Kier molecular flexibility index (Phi) is 5.85. The minimum atomic E-state index is -1.47. The standard InChI is InChI=1S/C27H31N4O3/c1-16-13-17(2)22(18(3)14-16)23-24(30-27(26(4,5)6)25(32)33-34-27)28-15-21(29-23)19-9-11-20(12-10-19)31(7)8/h9-15H,1-8H3/q-1/t27-/m1/s1. The van der Waals surface area contributed by atoms with Crippen LogP contribution in [0.3, 0.4) is 0 Å². The summed E-state index contributed by atoms with van der Waals surface area (Å²) in [6.07, 6.45) is 1.69. The normalized spacial score (nSPS) is 17.7. The summed E-state index contributed by atoms with van der Waals surface area (Å²) in [5, 5.41) is 4.72. The highest BCUT2D eigenvalue weighted by atomic mass is 17.3. The average molecular weight is 460 g/mol. The van der Waals surface area contributed by atoms with E-state index in [1.807, 2.05) is 77.9 Å². The summed E-state index contributed by atoms with van der Waals surface area (Å²) < 4.78 is 0. The van der Waals surface area contributed by atoms with Crippen LogP contribution in [-0.2, 0) is 14.6 Å².